The van der Waals surface area contributed by atoms with Crippen LogP contribution in [0.1, 0.15) is 32.0 Å². The molecule has 0 amide bonds. The molecule has 3 heteroatoms. The van der Waals surface area contributed by atoms with Crippen molar-refractivity contribution in [3.63, 3.8) is 0 Å². The van der Waals surface area contributed by atoms with Crippen LogP contribution in [-0.2, 0) is 6.54 Å². The predicted molar refractivity (Wildman–Crippen MR) is 73.1 cm³/mol. The van der Waals surface area contributed by atoms with Crippen LogP contribution in [0.5, 0.6) is 0 Å². The molecule has 0 saturated carbocycles. The van der Waals surface area contributed by atoms with Crippen molar-refractivity contribution in [2.45, 2.75) is 40.3 Å². The molecule has 3 nitrogen and oxygen atoms in total. The third-order valence-corrected chi connectivity index (χ3v) is 3.05. The molecule has 0 fully saturated rings. The zero-order valence-electron chi connectivity index (χ0n) is 11.5. The first-order valence-corrected chi connectivity index (χ1v) is 6.53. The molecule has 0 aromatic carbocycles. The Bertz CT molecular complexity index is 304. The lowest BCUT2D eigenvalue weighted by Crippen LogP contribution is -2.38. The van der Waals surface area contributed by atoms with E-state index < -0.39 is 0 Å². The molecule has 1 atom stereocenters. The third-order valence-electron chi connectivity index (χ3n) is 3.05. The van der Waals surface area contributed by atoms with E-state index in [-0.39, 0.29) is 0 Å². The molecule has 1 unspecified atom stereocenters. The molecule has 1 heterocycles. The minimum atomic E-state index is 0.510. The Kier molecular flexibility index (Phi) is 6.16. The van der Waals surface area contributed by atoms with Gasteiger partial charge in [0.25, 0.3) is 0 Å². The van der Waals surface area contributed by atoms with E-state index in [0.717, 1.165) is 31.9 Å². The molecule has 0 bridgehead atoms. The third kappa shape index (κ3) is 5.29. The van der Waals surface area contributed by atoms with Gasteiger partial charge in [0.1, 0.15) is 0 Å². The number of likely N-dealkylation sites (N-methyl/N-ethyl adjacent to an activating group) is 1. The Morgan fingerprint density at radius 2 is 2.00 bits per heavy atom. The fourth-order valence-corrected chi connectivity index (χ4v) is 1.83. The Hall–Kier alpha value is -0.930. The van der Waals surface area contributed by atoms with Crippen LogP contribution in [0.15, 0.2) is 18.3 Å². The molecule has 17 heavy (non-hydrogen) atoms. The number of hydrogen-bond donors (Lipinski definition) is 1. The zero-order valence-corrected chi connectivity index (χ0v) is 11.5. The summed E-state index contributed by atoms with van der Waals surface area (Å²) in [6, 6.07) is 4.71. The van der Waals surface area contributed by atoms with Gasteiger partial charge in [-0.3, -0.25) is 4.98 Å². The summed E-state index contributed by atoms with van der Waals surface area (Å²) in [7, 11) is 0. The van der Waals surface area contributed by atoms with Gasteiger partial charge < -0.3 is 10.2 Å². The Morgan fingerprint density at radius 1 is 1.29 bits per heavy atom. The summed E-state index contributed by atoms with van der Waals surface area (Å²) >= 11 is 0. The first-order valence-electron chi connectivity index (χ1n) is 6.53. The van der Waals surface area contributed by atoms with E-state index >= 15 is 0 Å². The van der Waals surface area contributed by atoms with Crippen LogP contribution >= 0.6 is 0 Å². The maximum absolute atomic E-state index is 4.30. The number of nitrogens with zero attached hydrogens (tertiary/aromatic N) is 2. The van der Waals surface area contributed by atoms with E-state index in [1.807, 2.05) is 13.1 Å². The number of pyridine rings is 1. The monoisotopic (exact) mass is 235 g/mol. The van der Waals surface area contributed by atoms with Crippen molar-refractivity contribution in [3.8, 4) is 0 Å². The maximum atomic E-state index is 4.30. The topological polar surface area (TPSA) is 28.2 Å². The number of aromatic nitrogens is 1. The summed E-state index contributed by atoms with van der Waals surface area (Å²) in [5.74, 6) is 0. The second-order valence-corrected chi connectivity index (χ2v) is 4.58. The lowest BCUT2D eigenvalue weighted by molar-refractivity contribution is 0.270. The zero-order chi connectivity index (χ0) is 12.7. The van der Waals surface area contributed by atoms with E-state index in [2.05, 4.69) is 48.1 Å². The highest BCUT2D eigenvalue weighted by Crippen LogP contribution is 2.00. The van der Waals surface area contributed by atoms with Crippen molar-refractivity contribution in [3.05, 3.63) is 29.6 Å². The Morgan fingerprint density at radius 3 is 2.53 bits per heavy atom. The van der Waals surface area contributed by atoms with Crippen LogP contribution in [0.3, 0.4) is 0 Å². The minimum absolute atomic E-state index is 0.510. The van der Waals surface area contributed by atoms with Crippen molar-refractivity contribution < 1.29 is 0 Å². The van der Waals surface area contributed by atoms with Crippen LogP contribution in [-0.4, -0.2) is 35.6 Å². The SMILES string of the molecule is CCN(CC)CC(C)NCc1ccc(C)nc1. The molecule has 0 aliphatic rings. The van der Waals surface area contributed by atoms with Crippen molar-refractivity contribution in [2.75, 3.05) is 19.6 Å². The van der Waals surface area contributed by atoms with Crippen molar-refractivity contribution in [2.24, 2.45) is 0 Å². The smallest absolute Gasteiger partial charge is 0.0372 e. The molecule has 1 N–H and O–H groups in total. The summed E-state index contributed by atoms with van der Waals surface area (Å²) < 4.78 is 0. The average molecular weight is 235 g/mol. The van der Waals surface area contributed by atoms with Crippen molar-refractivity contribution in [1.29, 1.82) is 0 Å². The molecule has 0 aliphatic heterocycles. The molecule has 0 saturated heterocycles. The molecule has 0 spiro atoms. The molecule has 1 aromatic rings. The van der Waals surface area contributed by atoms with Crippen LogP contribution in [0, 0.1) is 6.92 Å². The van der Waals surface area contributed by atoms with E-state index in [1.165, 1.54) is 5.56 Å². The van der Waals surface area contributed by atoms with E-state index in [1.54, 1.807) is 0 Å². The van der Waals surface area contributed by atoms with E-state index in [0.29, 0.717) is 6.04 Å². The first kappa shape index (κ1) is 14.1. The summed E-state index contributed by atoms with van der Waals surface area (Å²) in [4.78, 5) is 6.74. The summed E-state index contributed by atoms with van der Waals surface area (Å²) in [5, 5.41) is 3.54. The van der Waals surface area contributed by atoms with Gasteiger partial charge in [0, 0.05) is 31.0 Å². The van der Waals surface area contributed by atoms with Gasteiger partial charge in [-0.25, -0.2) is 0 Å². The van der Waals surface area contributed by atoms with Gasteiger partial charge in [-0.2, -0.15) is 0 Å². The van der Waals surface area contributed by atoms with Gasteiger partial charge in [-0.05, 0) is 38.6 Å². The first-order chi connectivity index (χ1) is 8.15. The standard InChI is InChI=1S/C14H25N3/c1-5-17(6-2)11-13(4)16-10-14-8-7-12(3)15-9-14/h7-9,13,16H,5-6,10-11H2,1-4H3. The highest BCUT2D eigenvalue weighted by atomic mass is 15.1. The van der Waals surface area contributed by atoms with Gasteiger partial charge in [-0.1, -0.05) is 19.9 Å². The maximum Gasteiger partial charge on any atom is 0.0372 e. The molecule has 1 aromatic heterocycles. The van der Waals surface area contributed by atoms with Crippen LogP contribution < -0.4 is 5.32 Å². The summed E-state index contributed by atoms with van der Waals surface area (Å²) in [6.07, 6.45) is 1.95. The largest absolute Gasteiger partial charge is 0.309 e. The Labute approximate surface area is 105 Å². The molecule has 0 aliphatic carbocycles. The second kappa shape index (κ2) is 7.41. The fraction of sp³-hybridized carbons (Fsp3) is 0.643. The van der Waals surface area contributed by atoms with Gasteiger partial charge in [0.05, 0.1) is 0 Å². The van der Waals surface area contributed by atoms with E-state index in [4.69, 9.17) is 0 Å². The lowest BCUT2D eigenvalue weighted by Gasteiger charge is -2.23. The number of nitrogens with one attached hydrogen (secondary N) is 1. The lowest BCUT2D eigenvalue weighted by atomic mass is 10.2. The van der Waals surface area contributed by atoms with Crippen LogP contribution in [0.25, 0.3) is 0 Å². The number of rotatable bonds is 7. The average Bonchev–Trinajstić information content (AvgIpc) is 2.35. The summed E-state index contributed by atoms with van der Waals surface area (Å²) in [6.45, 7) is 12.9. The highest BCUT2D eigenvalue weighted by molar-refractivity contribution is 5.12. The normalized spacial score (nSPS) is 13.0. The van der Waals surface area contributed by atoms with Crippen LogP contribution in [0.4, 0.5) is 0 Å². The van der Waals surface area contributed by atoms with Gasteiger partial charge in [0.15, 0.2) is 0 Å². The van der Waals surface area contributed by atoms with E-state index in [9.17, 15) is 0 Å². The molecule has 96 valence electrons. The summed E-state index contributed by atoms with van der Waals surface area (Å²) in [5.41, 5.74) is 2.33. The fourth-order valence-electron chi connectivity index (χ4n) is 1.83. The second-order valence-electron chi connectivity index (χ2n) is 4.58. The minimum Gasteiger partial charge on any atom is -0.309 e. The molecule has 1 rings (SSSR count). The van der Waals surface area contributed by atoms with Gasteiger partial charge in [-0.15, -0.1) is 0 Å². The van der Waals surface area contributed by atoms with Crippen LogP contribution in [0.2, 0.25) is 0 Å². The predicted octanol–water partition coefficient (Wildman–Crippen LogP) is 2.21. The Balaban J connectivity index is 2.32. The number of aryl methyl sites for hydroxylation is 1. The van der Waals surface area contributed by atoms with Gasteiger partial charge >= 0.3 is 0 Å². The quantitative estimate of drug-likeness (QED) is 0.785. The van der Waals surface area contributed by atoms with Gasteiger partial charge in [0.2, 0.25) is 0 Å². The number of hydrogen-bond acceptors (Lipinski definition) is 3. The molecular weight excluding hydrogens is 210 g/mol. The molecule has 0 radical (unpaired) electrons. The van der Waals surface area contributed by atoms with Crippen molar-refractivity contribution in [1.82, 2.24) is 15.2 Å². The molecular formula is C14H25N3. The van der Waals surface area contributed by atoms with Crippen molar-refractivity contribution >= 4 is 0 Å². The highest BCUT2D eigenvalue weighted by Gasteiger charge is 2.06.